The van der Waals surface area contributed by atoms with E-state index in [2.05, 4.69) is 0 Å². The first-order chi connectivity index (χ1) is 17.4. The summed E-state index contributed by atoms with van der Waals surface area (Å²) in [5.74, 6) is -0.713. The summed E-state index contributed by atoms with van der Waals surface area (Å²) in [5.41, 5.74) is 3.45. The number of carboxylic acid groups (broad SMARTS) is 1. The normalized spacial score (nSPS) is 13.1. The molecule has 1 aliphatic carbocycles. The largest absolute Gasteiger partial charge is 0.494 e. The molecule has 0 unspecified atom stereocenters. The van der Waals surface area contributed by atoms with Gasteiger partial charge in [0.05, 0.1) is 17.8 Å². The highest BCUT2D eigenvalue weighted by molar-refractivity contribution is 6.13. The van der Waals surface area contributed by atoms with Crippen molar-refractivity contribution in [2.45, 2.75) is 26.3 Å². The number of amides is 1. The SMILES string of the molecule is CCOc1ccc(-c2c(C(=O)O)n(Cc3ccc(F)cc3)c3c(N(C)C(=O)C4CC4)cccc23)cc1. The molecule has 3 aromatic carbocycles. The fourth-order valence-electron chi connectivity index (χ4n) is 4.71. The highest BCUT2D eigenvalue weighted by Gasteiger charge is 2.34. The summed E-state index contributed by atoms with van der Waals surface area (Å²) in [6.07, 6.45) is 1.74. The van der Waals surface area contributed by atoms with Gasteiger partial charge in [-0.3, -0.25) is 4.79 Å². The van der Waals surface area contributed by atoms with Crippen molar-refractivity contribution in [3.8, 4) is 16.9 Å². The van der Waals surface area contributed by atoms with Crippen LogP contribution in [0.2, 0.25) is 0 Å². The average molecular weight is 487 g/mol. The fourth-order valence-corrected chi connectivity index (χ4v) is 4.71. The zero-order valence-corrected chi connectivity index (χ0v) is 20.2. The maximum absolute atomic E-state index is 13.6. The van der Waals surface area contributed by atoms with E-state index in [0.29, 0.717) is 29.1 Å². The Bertz CT molecular complexity index is 1440. The first kappa shape index (κ1) is 23.6. The standard InChI is InChI=1S/C29H27FN2O4/c1-3-36-22-15-11-19(12-16-22)25-23-5-4-6-24(31(2)28(33)20-9-10-20)26(23)32(27(25)29(34)35)17-18-7-13-21(30)14-8-18/h4-8,11-16,20H,3,9-10,17H2,1-2H3,(H,34,35). The molecule has 0 bridgehead atoms. The maximum atomic E-state index is 13.6. The van der Waals surface area contributed by atoms with Gasteiger partial charge in [0.25, 0.3) is 0 Å². The number of halogens is 1. The molecule has 1 N–H and O–H groups in total. The van der Waals surface area contributed by atoms with Gasteiger partial charge in [-0.2, -0.15) is 0 Å². The number of para-hydroxylation sites is 1. The number of aromatic nitrogens is 1. The summed E-state index contributed by atoms with van der Waals surface area (Å²) in [7, 11) is 1.74. The van der Waals surface area contributed by atoms with Gasteiger partial charge >= 0.3 is 5.97 Å². The minimum atomic E-state index is -1.08. The summed E-state index contributed by atoms with van der Waals surface area (Å²) < 4.78 is 20.9. The Morgan fingerprint density at radius 1 is 1.06 bits per heavy atom. The number of carboxylic acids is 1. The molecule has 1 aliphatic rings. The van der Waals surface area contributed by atoms with E-state index in [1.807, 2.05) is 49.4 Å². The van der Waals surface area contributed by atoms with E-state index in [0.717, 1.165) is 29.4 Å². The Balaban J connectivity index is 1.76. The molecule has 1 fully saturated rings. The average Bonchev–Trinajstić information content (AvgIpc) is 3.67. The van der Waals surface area contributed by atoms with Gasteiger partial charge < -0.3 is 19.3 Å². The minimum Gasteiger partial charge on any atom is -0.494 e. The molecule has 36 heavy (non-hydrogen) atoms. The number of hydrogen-bond donors (Lipinski definition) is 1. The van der Waals surface area contributed by atoms with Crippen LogP contribution in [-0.2, 0) is 11.3 Å². The smallest absolute Gasteiger partial charge is 0.353 e. The molecule has 0 aliphatic heterocycles. The highest BCUT2D eigenvalue weighted by atomic mass is 19.1. The zero-order chi connectivity index (χ0) is 25.4. The first-order valence-corrected chi connectivity index (χ1v) is 12.0. The third-order valence-corrected chi connectivity index (χ3v) is 6.59. The second-order valence-corrected chi connectivity index (χ2v) is 9.04. The predicted octanol–water partition coefficient (Wildman–Crippen LogP) is 5.97. The van der Waals surface area contributed by atoms with Crippen LogP contribution in [0.1, 0.15) is 35.8 Å². The van der Waals surface area contributed by atoms with Gasteiger partial charge in [0.2, 0.25) is 5.91 Å². The van der Waals surface area contributed by atoms with Crippen LogP contribution in [0.5, 0.6) is 5.75 Å². The van der Waals surface area contributed by atoms with Gasteiger partial charge in [-0.1, -0.05) is 36.4 Å². The van der Waals surface area contributed by atoms with Gasteiger partial charge in [0.15, 0.2) is 0 Å². The van der Waals surface area contributed by atoms with E-state index >= 15 is 0 Å². The summed E-state index contributed by atoms with van der Waals surface area (Å²) in [4.78, 5) is 27.4. The molecule has 4 aromatic rings. The van der Waals surface area contributed by atoms with E-state index in [1.165, 1.54) is 12.1 Å². The molecule has 0 atom stereocenters. The van der Waals surface area contributed by atoms with Crippen molar-refractivity contribution in [2.75, 3.05) is 18.6 Å². The molecule has 1 amide bonds. The Labute approximate surface area is 208 Å². The van der Waals surface area contributed by atoms with Crippen molar-refractivity contribution in [2.24, 2.45) is 5.92 Å². The van der Waals surface area contributed by atoms with Crippen LogP contribution in [-0.4, -0.2) is 35.2 Å². The molecule has 184 valence electrons. The molecule has 7 heteroatoms. The van der Waals surface area contributed by atoms with Gasteiger partial charge in [-0.05, 0) is 61.2 Å². The molecule has 1 heterocycles. The number of carbonyl (C=O) groups excluding carboxylic acids is 1. The lowest BCUT2D eigenvalue weighted by atomic mass is 10.0. The van der Waals surface area contributed by atoms with Gasteiger partial charge in [-0.15, -0.1) is 0 Å². The first-order valence-electron chi connectivity index (χ1n) is 12.0. The fraction of sp³-hybridized carbons (Fsp3) is 0.241. The molecular formula is C29H27FN2O4. The van der Waals surface area contributed by atoms with Crippen molar-refractivity contribution in [3.63, 3.8) is 0 Å². The number of hydrogen-bond acceptors (Lipinski definition) is 3. The van der Waals surface area contributed by atoms with Crippen molar-refractivity contribution >= 4 is 28.5 Å². The molecule has 6 nitrogen and oxygen atoms in total. The molecule has 1 aromatic heterocycles. The molecular weight excluding hydrogens is 459 g/mol. The summed E-state index contributed by atoms with van der Waals surface area (Å²) in [5, 5.41) is 11.1. The molecule has 0 spiro atoms. The van der Waals surface area contributed by atoms with Crippen molar-refractivity contribution in [3.05, 3.63) is 83.8 Å². The molecule has 0 saturated heterocycles. The Morgan fingerprint density at radius 2 is 1.75 bits per heavy atom. The Morgan fingerprint density at radius 3 is 2.36 bits per heavy atom. The lowest BCUT2D eigenvalue weighted by Crippen LogP contribution is -2.28. The minimum absolute atomic E-state index is 0.00953. The quantitative estimate of drug-likeness (QED) is 0.333. The summed E-state index contributed by atoms with van der Waals surface area (Å²) in [6, 6.07) is 18.9. The number of ether oxygens (including phenoxy) is 1. The van der Waals surface area contributed by atoms with E-state index in [4.69, 9.17) is 4.74 Å². The van der Waals surface area contributed by atoms with Crippen LogP contribution < -0.4 is 9.64 Å². The second kappa shape index (κ2) is 9.49. The van der Waals surface area contributed by atoms with Crippen molar-refractivity contribution < 1.29 is 23.8 Å². The second-order valence-electron chi connectivity index (χ2n) is 9.04. The number of anilines is 1. The van der Waals surface area contributed by atoms with Crippen molar-refractivity contribution in [1.29, 1.82) is 0 Å². The topological polar surface area (TPSA) is 71.8 Å². The maximum Gasteiger partial charge on any atom is 0.353 e. The summed E-state index contributed by atoms with van der Waals surface area (Å²) in [6.45, 7) is 2.64. The van der Waals surface area contributed by atoms with Crippen LogP contribution in [0.15, 0.2) is 66.7 Å². The summed E-state index contributed by atoms with van der Waals surface area (Å²) >= 11 is 0. The van der Waals surface area contributed by atoms with Crippen molar-refractivity contribution in [1.82, 2.24) is 4.57 Å². The number of carbonyl (C=O) groups is 2. The zero-order valence-electron chi connectivity index (χ0n) is 20.2. The van der Waals surface area contributed by atoms with Crippen LogP contribution in [0.3, 0.4) is 0 Å². The van der Waals surface area contributed by atoms with E-state index in [9.17, 15) is 19.1 Å². The number of aromatic carboxylic acids is 1. The number of nitrogens with zero attached hydrogens (tertiary/aromatic N) is 2. The van der Waals surface area contributed by atoms with Gasteiger partial charge in [0.1, 0.15) is 17.3 Å². The number of rotatable bonds is 8. The third-order valence-electron chi connectivity index (χ3n) is 6.59. The van der Waals surface area contributed by atoms with Crippen LogP contribution in [0.25, 0.3) is 22.0 Å². The number of benzene rings is 3. The van der Waals surface area contributed by atoms with Crippen LogP contribution in [0, 0.1) is 11.7 Å². The van der Waals surface area contributed by atoms with Gasteiger partial charge in [-0.25, -0.2) is 9.18 Å². The monoisotopic (exact) mass is 486 g/mol. The predicted molar refractivity (Wildman–Crippen MR) is 137 cm³/mol. The van der Waals surface area contributed by atoms with E-state index in [-0.39, 0.29) is 29.9 Å². The molecule has 1 saturated carbocycles. The van der Waals surface area contributed by atoms with E-state index < -0.39 is 5.97 Å². The van der Waals surface area contributed by atoms with Crippen LogP contribution >= 0.6 is 0 Å². The highest BCUT2D eigenvalue weighted by Crippen LogP contribution is 2.41. The molecule has 0 radical (unpaired) electrons. The molecule has 5 rings (SSSR count). The lowest BCUT2D eigenvalue weighted by molar-refractivity contribution is -0.119. The number of fused-ring (bicyclic) bond motifs is 1. The van der Waals surface area contributed by atoms with Crippen LogP contribution in [0.4, 0.5) is 10.1 Å². The Hall–Kier alpha value is -4.13. The van der Waals surface area contributed by atoms with E-state index in [1.54, 1.807) is 28.6 Å². The third kappa shape index (κ3) is 4.33. The Kier molecular flexibility index (Phi) is 6.22. The lowest BCUT2D eigenvalue weighted by Gasteiger charge is -2.20. The van der Waals surface area contributed by atoms with Gasteiger partial charge in [0, 0.05) is 30.5 Å².